The van der Waals surface area contributed by atoms with Crippen LogP contribution >= 0.6 is 0 Å². The fraction of sp³-hybridized carbons (Fsp3) is 0.375. The Morgan fingerprint density at radius 2 is 1.86 bits per heavy atom. The summed E-state index contributed by atoms with van der Waals surface area (Å²) in [6.45, 7) is 5.00. The quantitative estimate of drug-likeness (QED) is 0.643. The molecule has 1 N–H and O–H groups in total. The number of anilines is 1. The van der Waals surface area contributed by atoms with Crippen LogP contribution in [0.3, 0.4) is 0 Å². The standard InChI is InChI=1S/C24H25NO3/c1-3-4-14-28-23(26)24(27,19-8-6-5-7-9-19)20-10-12-21(13-11-20)25-16-18-15-22(18)17(25)2/h5-13,17-18,22,27H,14-16H2,1-2H3/t17?,18-,22+,24?/m0/s1. The van der Waals surface area contributed by atoms with Gasteiger partial charge in [0.25, 0.3) is 0 Å². The summed E-state index contributed by atoms with van der Waals surface area (Å²) in [5.74, 6) is 6.31. The molecule has 4 nitrogen and oxygen atoms in total. The predicted octanol–water partition coefficient (Wildman–Crippen LogP) is 3.33. The molecule has 0 aromatic heterocycles. The highest BCUT2D eigenvalue weighted by atomic mass is 16.5. The molecular weight excluding hydrogens is 350 g/mol. The molecule has 2 aliphatic rings. The summed E-state index contributed by atoms with van der Waals surface area (Å²) in [6.07, 6.45) is 1.34. The van der Waals surface area contributed by atoms with E-state index in [1.165, 1.54) is 6.42 Å². The first kappa shape index (κ1) is 18.6. The molecule has 1 heterocycles. The maximum atomic E-state index is 12.8. The minimum Gasteiger partial charge on any atom is -0.450 e. The van der Waals surface area contributed by atoms with Crippen LogP contribution in [0, 0.1) is 23.7 Å². The van der Waals surface area contributed by atoms with Gasteiger partial charge in [0.1, 0.15) is 0 Å². The van der Waals surface area contributed by atoms with E-state index >= 15 is 0 Å². The molecular formula is C24H25NO3. The van der Waals surface area contributed by atoms with Crippen molar-refractivity contribution in [2.24, 2.45) is 11.8 Å². The molecule has 0 amide bonds. The zero-order chi connectivity index (χ0) is 19.7. The number of hydrogen-bond acceptors (Lipinski definition) is 4. The first-order valence-electron chi connectivity index (χ1n) is 9.77. The third-order valence-electron chi connectivity index (χ3n) is 6.08. The van der Waals surface area contributed by atoms with E-state index in [4.69, 9.17) is 4.74 Å². The molecule has 1 aliphatic heterocycles. The highest BCUT2D eigenvalue weighted by molar-refractivity contribution is 5.85. The van der Waals surface area contributed by atoms with Crippen LogP contribution in [0.4, 0.5) is 5.69 Å². The second kappa shape index (κ2) is 7.33. The molecule has 1 saturated heterocycles. The first-order chi connectivity index (χ1) is 13.6. The van der Waals surface area contributed by atoms with Gasteiger partial charge in [-0.3, -0.25) is 0 Å². The van der Waals surface area contributed by atoms with Gasteiger partial charge in [-0.2, -0.15) is 0 Å². The zero-order valence-corrected chi connectivity index (χ0v) is 16.3. The Morgan fingerprint density at radius 1 is 1.18 bits per heavy atom. The Labute approximate surface area is 166 Å². The van der Waals surface area contributed by atoms with Crippen LogP contribution in [0.5, 0.6) is 0 Å². The van der Waals surface area contributed by atoms with Crippen molar-refractivity contribution in [3.63, 3.8) is 0 Å². The molecule has 0 radical (unpaired) electrons. The average Bonchev–Trinajstić information content (AvgIpc) is 3.44. The van der Waals surface area contributed by atoms with Crippen molar-refractivity contribution < 1.29 is 14.6 Å². The van der Waals surface area contributed by atoms with Gasteiger partial charge in [0.15, 0.2) is 6.61 Å². The molecule has 4 rings (SSSR count). The van der Waals surface area contributed by atoms with E-state index in [2.05, 4.69) is 23.7 Å². The molecule has 2 fully saturated rings. The summed E-state index contributed by atoms with van der Waals surface area (Å²) in [5, 5.41) is 11.4. The van der Waals surface area contributed by atoms with Gasteiger partial charge in [-0.25, -0.2) is 4.79 Å². The molecule has 2 aromatic carbocycles. The number of rotatable bonds is 5. The summed E-state index contributed by atoms with van der Waals surface area (Å²) in [7, 11) is 0. The second-order valence-corrected chi connectivity index (χ2v) is 7.68. The van der Waals surface area contributed by atoms with E-state index < -0.39 is 11.6 Å². The monoisotopic (exact) mass is 375 g/mol. The Bertz CT molecular complexity index is 912. The van der Waals surface area contributed by atoms with Crippen LogP contribution in [-0.2, 0) is 15.1 Å². The number of carbonyl (C=O) groups excluding carboxylic acids is 1. The van der Waals surface area contributed by atoms with Crippen molar-refractivity contribution >= 4 is 11.7 Å². The lowest BCUT2D eigenvalue weighted by molar-refractivity contribution is -0.160. The fourth-order valence-electron chi connectivity index (χ4n) is 4.32. The lowest BCUT2D eigenvalue weighted by atomic mass is 9.86. The van der Waals surface area contributed by atoms with Crippen molar-refractivity contribution in [3.8, 4) is 11.8 Å². The Balaban J connectivity index is 1.64. The SMILES string of the molecule is CC#CCOC(=O)C(O)(c1ccccc1)c1ccc(N2C[C@@H]3C[C@@H]3C2C)cc1. The van der Waals surface area contributed by atoms with Crippen LogP contribution in [0.1, 0.15) is 31.4 Å². The number of hydrogen-bond donors (Lipinski definition) is 1. The molecule has 0 spiro atoms. The molecule has 2 unspecified atom stereocenters. The van der Waals surface area contributed by atoms with Crippen LogP contribution in [0.2, 0.25) is 0 Å². The van der Waals surface area contributed by atoms with Crippen molar-refractivity contribution in [3.05, 3.63) is 65.7 Å². The predicted molar refractivity (Wildman–Crippen MR) is 109 cm³/mol. The highest BCUT2D eigenvalue weighted by Crippen LogP contribution is 2.50. The maximum Gasteiger partial charge on any atom is 0.348 e. The normalized spacial score (nSPS) is 24.5. The minimum absolute atomic E-state index is 0.0450. The molecule has 1 saturated carbocycles. The summed E-state index contributed by atoms with van der Waals surface area (Å²) < 4.78 is 5.25. The number of aliphatic hydroxyl groups is 1. The lowest BCUT2D eigenvalue weighted by Gasteiger charge is -2.29. The van der Waals surface area contributed by atoms with E-state index in [1.54, 1.807) is 31.2 Å². The Kier molecular flexibility index (Phi) is 4.87. The summed E-state index contributed by atoms with van der Waals surface area (Å²) >= 11 is 0. The van der Waals surface area contributed by atoms with Crippen molar-refractivity contribution in [1.82, 2.24) is 0 Å². The molecule has 1 aliphatic carbocycles. The van der Waals surface area contributed by atoms with Gasteiger partial charge in [-0.15, -0.1) is 5.92 Å². The Morgan fingerprint density at radius 3 is 2.46 bits per heavy atom. The lowest BCUT2D eigenvalue weighted by Crippen LogP contribution is -2.38. The third-order valence-corrected chi connectivity index (χ3v) is 6.08. The van der Waals surface area contributed by atoms with Crippen LogP contribution in [0.15, 0.2) is 54.6 Å². The van der Waals surface area contributed by atoms with Crippen molar-refractivity contribution in [1.29, 1.82) is 0 Å². The first-order valence-corrected chi connectivity index (χ1v) is 9.77. The van der Waals surface area contributed by atoms with Crippen molar-refractivity contribution in [2.75, 3.05) is 18.1 Å². The van der Waals surface area contributed by atoms with Gasteiger partial charge in [0.05, 0.1) is 0 Å². The molecule has 2 aromatic rings. The van der Waals surface area contributed by atoms with Gasteiger partial charge >= 0.3 is 5.97 Å². The highest BCUT2D eigenvalue weighted by Gasteiger charge is 2.50. The van der Waals surface area contributed by atoms with Crippen molar-refractivity contribution in [2.45, 2.75) is 31.9 Å². The van der Waals surface area contributed by atoms with E-state index in [0.717, 1.165) is 24.1 Å². The molecule has 0 bridgehead atoms. The zero-order valence-electron chi connectivity index (χ0n) is 16.3. The number of carbonyl (C=O) groups is 1. The molecule has 28 heavy (non-hydrogen) atoms. The average molecular weight is 375 g/mol. The van der Waals surface area contributed by atoms with Gasteiger partial charge in [0.2, 0.25) is 5.60 Å². The smallest absolute Gasteiger partial charge is 0.348 e. The van der Waals surface area contributed by atoms with Gasteiger partial charge in [-0.05, 0) is 55.4 Å². The molecule has 4 atom stereocenters. The number of ether oxygens (including phenoxy) is 1. The summed E-state index contributed by atoms with van der Waals surface area (Å²) in [5.41, 5.74) is 0.236. The molecule has 4 heteroatoms. The topological polar surface area (TPSA) is 49.8 Å². The number of esters is 1. The van der Waals surface area contributed by atoms with Gasteiger partial charge < -0.3 is 14.7 Å². The van der Waals surface area contributed by atoms with Crippen LogP contribution < -0.4 is 4.90 Å². The van der Waals surface area contributed by atoms with Gasteiger partial charge in [0, 0.05) is 18.3 Å². The minimum atomic E-state index is -1.87. The number of fused-ring (bicyclic) bond motifs is 1. The van der Waals surface area contributed by atoms with Crippen LogP contribution in [-0.4, -0.2) is 30.3 Å². The fourth-order valence-corrected chi connectivity index (χ4v) is 4.32. The van der Waals surface area contributed by atoms with E-state index in [9.17, 15) is 9.90 Å². The third kappa shape index (κ3) is 3.16. The number of piperidine rings is 1. The van der Waals surface area contributed by atoms with E-state index in [1.807, 2.05) is 30.3 Å². The van der Waals surface area contributed by atoms with Gasteiger partial charge in [-0.1, -0.05) is 48.4 Å². The van der Waals surface area contributed by atoms with E-state index in [0.29, 0.717) is 17.2 Å². The van der Waals surface area contributed by atoms with Crippen LogP contribution in [0.25, 0.3) is 0 Å². The van der Waals surface area contributed by atoms with E-state index in [-0.39, 0.29) is 6.61 Å². The summed E-state index contributed by atoms with van der Waals surface area (Å²) in [6, 6.07) is 17.1. The maximum absolute atomic E-state index is 12.8. The molecule has 144 valence electrons. The number of benzene rings is 2. The summed E-state index contributed by atoms with van der Waals surface area (Å²) in [4.78, 5) is 15.2. The number of nitrogens with zero attached hydrogens (tertiary/aromatic N) is 1. The largest absolute Gasteiger partial charge is 0.450 e. The Hall–Kier alpha value is -2.77. The second-order valence-electron chi connectivity index (χ2n) is 7.68.